The SMILES string of the molecule is CCO[Si](CCCNC(=O)CSC)(OCC)OCC. The molecule has 0 rings (SSSR count). The van der Waals surface area contributed by atoms with Crippen LogP contribution in [0.15, 0.2) is 0 Å². The molecule has 0 aromatic heterocycles. The van der Waals surface area contributed by atoms with Crippen LogP contribution in [-0.2, 0) is 18.1 Å². The normalized spacial score (nSPS) is 11.6. The van der Waals surface area contributed by atoms with Gasteiger partial charge >= 0.3 is 8.80 Å². The Morgan fingerprint density at radius 2 is 1.63 bits per heavy atom. The second-order valence-corrected chi connectivity index (χ2v) is 7.47. The molecule has 0 aromatic carbocycles. The molecule has 0 aliphatic rings. The van der Waals surface area contributed by atoms with Gasteiger partial charge in [0, 0.05) is 32.4 Å². The Kier molecular flexibility index (Phi) is 11.7. The Hall–Kier alpha value is -0.0831. The molecule has 0 saturated heterocycles. The van der Waals surface area contributed by atoms with Crippen molar-refractivity contribution in [2.24, 2.45) is 0 Å². The quantitative estimate of drug-likeness (QED) is 0.441. The molecule has 19 heavy (non-hydrogen) atoms. The summed E-state index contributed by atoms with van der Waals surface area (Å²) in [6, 6.07) is 0.738. The fraction of sp³-hybridized carbons (Fsp3) is 0.917. The zero-order valence-corrected chi connectivity index (χ0v) is 14.3. The van der Waals surface area contributed by atoms with E-state index in [0.717, 1.165) is 12.5 Å². The number of amides is 1. The summed E-state index contributed by atoms with van der Waals surface area (Å²) < 4.78 is 17.2. The highest BCUT2D eigenvalue weighted by atomic mass is 32.2. The zero-order valence-electron chi connectivity index (χ0n) is 12.5. The van der Waals surface area contributed by atoms with Crippen LogP contribution in [0.1, 0.15) is 27.2 Å². The first kappa shape index (κ1) is 18.9. The number of carbonyl (C=O) groups is 1. The van der Waals surface area contributed by atoms with E-state index in [-0.39, 0.29) is 5.91 Å². The molecule has 0 unspecified atom stereocenters. The number of thioether (sulfide) groups is 1. The maximum Gasteiger partial charge on any atom is 0.500 e. The molecule has 0 aromatic rings. The minimum absolute atomic E-state index is 0.0731. The summed E-state index contributed by atoms with van der Waals surface area (Å²) in [5, 5.41) is 2.88. The molecule has 0 heterocycles. The van der Waals surface area contributed by atoms with Gasteiger partial charge in [-0.15, -0.1) is 0 Å². The van der Waals surface area contributed by atoms with Crippen molar-refractivity contribution in [3.05, 3.63) is 0 Å². The first-order valence-corrected chi connectivity index (χ1v) is 10.1. The van der Waals surface area contributed by atoms with Crippen molar-refractivity contribution in [3.63, 3.8) is 0 Å². The molecular weight excluding hydrogens is 282 g/mol. The average molecular weight is 310 g/mol. The predicted molar refractivity (Wildman–Crippen MR) is 81.4 cm³/mol. The van der Waals surface area contributed by atoms with E-state index in [9.17, 15) is 4.79 Å². The summed E-state index contributed by atoms with van der Waals surface area (Å²) in [4.78, 5) is 11.3. The van der Waals surface area contributed by atoms with Crippen molar-refractivity contribution in [2.45, 2.75) is 33.2 Å². The molecular formula is C12H27NO4SSi. The van der Waals surface area contributed by atoms with Crippen molar-refractivity contribution >= 4 is 26.5 Å². The summed E-state index contributed by atoms with van der Waals surface area (Å²) in [5.41, 5.74) is 0. The Morgan fingerprint density at radius 1 is 1.11 bits per heavy atom. The molecule has 1 N–H and O–H groups in total. The minimum atomic E-state index is -2.54. The maximum atomic E-state index is 11.3. The van der Waals surface area contributed by atoms with E-state index in [1.165, 1.54) is 11.8 Å². The third kappa shape index (κ3) is 8.64. The van der Waals surface area contributed by atoms with Crippen LogP contribution in [0, 0.1) is 0 Å². The molecule has 0 spiro atoms. The monoisotopic (exact) mass is 309 g/mol. The van der Waals surface area contributed by atoms with Crippen molar-refractivity contribution in [2.75, 3.05) is 38.4 Å². The summed E-state index contributed by atoms with van der Waals surface area (Å²) in [6.07, 6.45) is 2.73. The van der Waals surface area contributed by atoms with Crippen LogP contribution < -0.4 is 5.32 Å². The van der Waals surface area contributed by atoms with Gasteiger partial charge in [0.1, 0.15) is 0 Å². The Bertz CT molecular complexity index is 227. The second kappa shape index (κ2) is 11.7. The number of nitrogens with one attached hydrogen (secondary N) is 1. The molecule has 0 radical (unpaired) electrons. The molecule has 1 amide bonds. The Morgan fingerprint density at radius 3 is 2.05 bits per heavy atom. The number of rotatable bonds is 12. The maximum absolute atomic E-state index is 11.3. The van der Waals surface area contributed by atoms with Crippen LogP contribution in [0.2, 0.25) is 6.04 Å². The smallest absolute Gasteiger partial charge is 0.374 e. The van der Waals surface area contributed by atoms with Gasteiger partial charge in [-0.3, -0.25) is 4.79 Å². The zero-order chi connectivity index (χ0) is 14.6. The number of carbonyl (C=O) groups excluding carboxylic acids is 1. The Labute approximate surface area is 122 Å². The fourth-order valence-corrected chi connectivity index (χ4v) is 4.69. The molecule has 0 fully saturated rings. The Balaban J connectivity index is 4.13. The second-order valence-electron chi connectivity index (χ2n) is 3.87. The lowest BCUT2D eigenvalue weighted by Crippen LogP contribution is -2.46. The van der Waals surface area contributed by atoms with E-state index in [2.05, 4.69) is 5.32 Å². The molecule has 114 valence electrons. The summed E-state index contributed by atoms with van der Waals surface area (Å²) in [7, 11) is -2.54. The largest absolute Gasteiger partial charge is 0.500 e. The highest BCUT2D eigenvalue weighted by Crippen LogP contribution is 2.17. The van der Waals surface area contributed by atoms with Crippen molar-refractivity contribution in [1.29, 1.82) is 0 Å². The van der Waals surface area contributed by atoms with Crippen molar-refractivity contribution < 1.29 is 18.1 Å². The lowest BCUT2D eigenvalue weighted by Gasteiger charge is -2.28. The van der Waals surface area contributed by atoms with Gasteiger partial charge < -0.3 is 18.6 Å². The van der Waals surface area contributed by atoms with E-state index < -0.39 is 8.80 Å². The van der Waals surface area contributed by atoms with E-state index >= 15 is 0 Å². The molecule has 0 aliphatic carbocycles. The standard InChI is InChI=1S/C12H27NO4SSi/c1-5-15-19(16-6-2,17-7-3)10-8-9-13-12(14)11-18-4/h5-11H2,1-4H3,(H,13,14). The first-order chi connectivity index (χ1) is 9.14. The highest BCUT2D eigenvalue weighted by molar-refractivity contribution is 7.99. The topological polar surface area (TPSA) is 56.8 Å². The average Bonchev–Trinajstić information content (AvgIpc) is 2.36. The van der Waals surface area contributed by atoms with E-state index in [1.54, 1.807) is 0 Å². The highest BCUT2D eigenvalue weighted by Gasteiger charge is 2.39. The fourth-order valence-electron chi connectivity index (χ4n) is 1.72. The van der Waals surface area contributed by atoms with Gasteiger partial charge in [-0.1, -0.05) is 0 Å². The van der Waals surface area contributed by atoms with Crippen LogP contribution in [0.3, 0.4) is 0 Å². The third-order valence-electron chi connectivity index (χ3n) is 2.35. The number of hydrogen-bond donors (Lipinski definition) is 1. The van der Waals surface area contributed by atoms with Gasteiger partial charge in [0.15, 0.2) is 0 Å². The molecule has 0 aliphatic heterocycles. The van der Waals surface area contributed by atoms with Gasteiger partial charge in [0.05, 0.1) is 5.75 Å². The van der Waals surface area contributed by atoms with Gasteiger partial charge in [-0.05, 0) is 33.4 Å². The predicted octanol–water partition coefficient (Wildman–Crippen LogP) is 1.90. The molecule has 5 nitrogen and oxygen atoms in total. The van der Waals surface area contributed by atoms with Crippen LogP contribution in [0.5, 0.6) is 0 Å². The lowest BCUT2D eigenvalue weighted by molar-refractivity contribution is -0.118. The van der Waals surface area contributed by atoms with Crippen LogP contribution in [0.4, 0.5) is 0 Å². The van der Waals surface area contributed by atoms with Crippen molar-refractivity contribution in [3.8, 4) is 0 Å². The lowest BCUT2D eigenvalue weighted by atomic mass is 10.5. The van der Waals surface area contributed by atoms with Gasteiger partial charge in [0.25, 0.3) is 0 Å². The molecule has 0 bridgehead atoms. The van der Waals surface area contributed by atoms with E-state index in [4.69, 9.17) is 13.3 Å². The molecule has 7 heteroatoms. The van der Waals surface area contributed by atoms with Crippen LogP contribution in [0.25, 0.3) is 0 Å². The van der Waals surface area contributed by atoms with E-state index in [0.29, 0.717) is 32.1 Å². The van der Waals surface area contributed by atoms with Crippen molar-refractivity contribution in [1.82, 2.24) is 5.32 Å². The van der Waals surface area contributed by atoms with Gasteiger partial charge in [-0.2, -0.15) is 11.8 Å². The van der Waals surface area contributed by atoms with Gasteiger partial charge in [0.2, 0.25) is 5.91 Å². The number of hydrogen-bond acceptors (Lipinski definition) is 5. The molecule has 0 atom stereocenters. The summed E-state index contributed by atoms with van der Waals surface area (Å²) in [6.45, 7) is 8.24. The first-order valence-electron chi connectivity index (χ1n) is 6.81. The third-order valence-corrected chi connectivity index (χ3v) is 6.05. The minimum Gasteiger partial charge on any atom is -0.374 e. The molecule has 0 saturated carbocycles. The van der Waals surface area contributed by atoms with E-state index in [1.807, 2.05) is 27.0 Å². The summed E-state index contributed by atoms with van der Waals surface area (Å²) >= 11 is 1.52. The van der Waals surface area contributed by atoms with Crippen LogP contribution in [-0.4, -0.2) is 53.1 Å². The van der Waals surface area contributed by atoms with Crippen LogP contribution >= 0.6 is 11.8 Å². The van der Waals surface area contributed by atoms with Gasteiger partial charge in [-0.25, -0.2) is 0 Å². The summed E-state index contributed by atoms with van der Waals surface area (Å²) in [5.74, 6) is 0.578.